The molecule has 25 heavy (non-hydrogen) atoms. The minimum atomic E-state index is -2.40. The smallest absolute Gasteiger partial charge is 0.345 e. The SMILES string of the molecule is CC(C)COC(=O)C(C)(O)C(=O)[C@H](C)N(C)C(=O)N(C)C(=O)N(C)C. The lowest BCUT2D eigenvalue weighted by molar-refractivity contribution is -0.171. The molecule has 0 aliphatic carbocycles. The van der Waals surface area contributed by atoms with Crippen LogP contribution in [0.5, 0.6) is 0 Å². The van der Waals surface area contributed by atoms with E-state index in [2.05, 4.69) is 0 Å². The molecule has 0 aromatic heterocycles. The van der Waals surface area contributed by atoms with Crippen molar-refractivity contribution in [1.29, 1.82) is 0 Å². The molecule has 1 unspecified atom stereocenters. The molecule has 144 valence electrons. The van der Waals surface area contributed by atoms with Gasteiger partial charge in [0.2, 0.25) is 5.60 Å². The molecule has 0 aliphatic heterocycles. The first-order valence-corrected chi connectivity index (χ1v) is 7.90. The molecular formula is C16H29N3O6. The number of ether oxygens (including phenoxy) is 1. The lowest BCUT2D eigenvalue weighted by atomic mass is 9.95. The number of urea groups is 2. The number of hydrogen-bond donors (Lipinski definition) is 1. The van der Waals surface area contributed by atoms with Crippen molar-refractivity contribution in [3.63, 3.8) is 0 Å². The van der Waals surface area contributed by atoms with Crippen molar-refractivity contribution in [2.45, 2.75) is 39.3 Å². The Bertz CT molecular complexity index is 530. The number of imide groups is 1. The average molecular weight is 359 g/mol. The van der Waals surface area contributed by atoms with Crippen molar-refractivity contribution in [3.05, 3.63) is 0 Å². The van der Waals surface area contributed by atoms with Gasteiger partial charge in [-0.1, -0.05) is 13.8 Å². The number of hydrogen-bond acceptors (Lipinski definition) is 6. The van der Waals surface area contributed by atoms with Crippen LogP contribution in [0.3, 0.4) is 0 Å². The summed E-state index contributed by atoms with van der Waals surface area (Å²) >= 11 is 0. The van der Waals surface area contributed by atoms with E-state index < -0.39 is 35.5 Å². The Morgan fingerprint density at radius 3 is 1.88 bits per heavy atom. The quantitative estimate of drug-likeness (QED) is 0.548. The summed E-state index contributed by atoms with van der Waals surface area (Å²) in [6.07, 6.45) is 0. The Kier molecular flexibility index (Phi) is 8.04. The van der Waals surface area contributed by atoms with Crippen LogP contribution in [0.25, 0.3) is 0 Å². The van der Waals surface area contributed by atoms with E-state index in [-0.39, 0.29) is 12.5 Å². The molecule has 1 N–H and O–H groups in total. The van der Waals surface area contributed by atoms with E-state index >= 15 is 0 Å². The molecule has 4 amide bonds. The van der Waals surface area contributed by atoms with E-state index in [0.717, 1.165) is 16.7 Å². The zero-order chi connectivity index (χ0) is 20.1. The summed E-state index contributed by atoms with van der Waals surface area (Å²) in [5, 5.41) is 10.3. The molecule has 0 aromatic carbocycles. The van der Waals surface area contributed by atoms with Crippen molar-refractivity contribution in [2.24, 2.45) is 5.92 Å². The summed E-state index contributed by atoms with van der Waals surface area (Å²) in [4.78, 5) is 51.6. The summed E-state index contributed by atoms with van der Waals surface area (Å²) in [7, 11) is 5.54. The fraction of sp³-hybridized carbons (Fsp3) is 0.750. The predicted octanol–water partition coefficient (Wildman–Crippen LogP) is 0.559. The van der Waals surface area contributed by atoms with Gasteiger partial charge in [-0.3, -0.25) is 4.79 Å². The fourth-order valence-corrected chi connectivity index (χ4v) is 1.85. The third-order valence-corrected chi connectivity index (χ3v) is 3.64. The first kappa shape index (κ1) is 22.8. The highest BCUT2D eigenvalue weighted by atomic mass is 16.6. The van der Waals surface area contributed by atoms with Gasteiger partial charge in [0.25, 0.3) is 0 Å². The number of nitrogens with zero attached hydrogens (tertiary/aromatic N) is 3. The van der Waals surface area contributed by atoms with E-state index in [1.54, 1.807) is 0 Å². The average Bonchev–Trinajstić information content (AvgIpc) is 2.54. The molecule has 0 radical (unpaired) electrons. The van der Waals surface area contributed by atoms with Crippen molar-refractivity contribution in [3.8, 4) is 0 Å². The highest BCUT2D eigenvalue weighted by molar-refractivity contribution is 6.09. The van der Waals surface area contributed by atoms with Gasteiger partial charge in [-0.05, 0) is 19.8 Å². The van der Waals surface area contributed by atoms with Crippen LogP contribution in [-0.4, -0.2) is 90.1 Å². The van der Waals surface area contributed by atoms with E-state index in [9.17, 15) is 24.3 Å². The molecule has 0 saturated carbocycles. The Hall–Kier alpha value is -2.16. The first-order valence-electron chi connectivity index (χ1n) is 7.90. The van der Waals surface area contributed by atoms with E-state index in [4.69, 9.17) is 4.74 Å². The van der Waals surface area contributed by atoms with E-state index in [1.165, 1.54) is 40.0 Å². The lowest BCUT2D eigenvalue weighted by Gasteiger charge is -2.32. The van der Waals surface area contributed by atoms with Crippen LogP contribution in [-0.2, 0) is 14.3 Å². The second-order valence-electron chi connectivity index (χ2n) is 6.73. The van der Waals surface area contributed by atoms with Gasteiger partial charge in [-0.2, -0.15) is 0 Å². The number of esters is 1. The molecule has 0 fully saturated rings. The van der Waals surface area contributed by atoms with Crippen LogP contribution in [0.4, 0.5) is 9.59 Å². The predicted molar refractivity (Wildman–Crippen MR) is 90.9 cm³/mol. The second-order valence-corrected chi connectivity index (χ2v) is 6.73. The van der Waals surface area contributed by atoms with Gasteiger partial charge in [-0.25, -0.2) is 19.3 Å². The highest BCUT2D eigenvalue weighted by Gasteiger charge is 2.45. The lowest BCUT2D eigenvalue weighted by Crippen LogP contribution is -2.57. The largest absolute Gasteiger partial charge is 0.463 e. The van der Waals surface area contributed by atoms with Crippen LogP contribution < -0.4 is 0 Å². The molecule has 0 saturated heterocycles. The number of carbonyl (C=O) groups is 4. The minimum absolute atomic E-state index is 0.0437. The van der Waals surface area contributed by atoms with Crippen molar-refractivity contribution in [2.75, 3.05) is 34.8 Å². The van der Waals surface area contributed by atoms with Gasteiger partial charge < -0.3 is 19.6 Å². The molecule has 2 atom stereocenters. The third-order valence-electron chi connectivity index (χ3n) is 3.64. The maximum Gasteiger partial charge on any atom is 0.345 e. The van der Waals surface area contributed by atoms with Gasteiger partial charge in [0.05, 0.1) is 12.6 Å². The number of aliphatic hydroxyl groups is 1. The number of Topliss-reactive ketones (excluding diaryl/α,β-unsaturated/α-hetero) is 1. The van der Waals surface area contributed by atoms with Gasteiger partial charge in [-0.15, -0.1) is 0 Å². The summed E-state index contributed by atoms with van der Waals surface area (Å²) < 4.78 is 4.91. The normalized spacial score (nSPS) is 14.3. The van der Waals surface area contributed by atoms with Crippen molar-refractivity contribution < 1.29 is 29.0 Å². The maximum absolute atomic E-state index is 12.5. The summed E-state index contributed by atoms with van der Waals surface area (Å²) in [5.74, 6) is -1.93. The molecule has 9 heteroatoms. The molecule has 0 aromatic rings. The van der Waals surface area contributed by atoms with Crippen molar-refractivity contribution >= 4 is 23.8 Å². The van der Waals surface area contributed by atoms with Crippen LogP contribution in [0.15, 0.2) is 0 Å². The Morgan fingerprint density at radius 1 is 1.00 bits per heavy atom. The zero-order valence-corrected chi connectivity index (χ0v) is 16.2. The van der Waals surface area contributed by atoms with Gasteiger partial charge >= 0.3 is 18.0 Å². The fourth-order valence-electron chi connectivity index (χ4n) is 1.85. The van der Waals surface area contributed by atoms with Crippen LogP contribution >= 0.6 is 0 Å². The number of amides is 4. The number of carbonyl (C=O) groups excluding carboxylic acids is 4. The monoisotopic (exact) mass is 359 g/mol. The molecule has 0 aliphatic rings. The molecule has 0 spiro atoms. The second kappa shape index (κ2) is 8.80. The standard InChI is InChI=1S/C16H29N3O6/c1-10(2)9-25-13(21)16(4,24)12(20)11(3)18(7)15(23)19(8)14(22)17(5)6/h10-11,24H,9H2,1-8H3/t11-,16?/m0/s1. The summed E-state index contributed by atoms with van der Waals surface area (Å²) in [6.45, 7) is 6.08. The van der Waals surface area contributed by atoms with Crippen molar-refractivity contribution in [1.82, 2.24) is 14.7 Å². The minimum Gasteiger partial charge on any atom is -0.463 e. The zero-order valence-electron chi connectivity index (χ0n) is 16.2. The van der Waals surface area contributed by atoms with Gasteiger partial charge in [0.15, 0.2) is 5.78 Å². The maximum atomic E-state index is 12.5. The molecule has 0 heterocycles. The number of rotatable bonds is 6. The Balaban J connectivity index is 5.15. The number of likely N-dealkylation sites (N-methyl/N-ethyl adjacent to an activating group) is 1. The highest BCUT2D eigenvalue weighted by Crippen LogP contribution is 2.15. The molecule has 0 bridgehead atoms. The molecular weight excluding hydrogens is 330 g/mol. The summed E-state index contributed by atoms with van der Waals surface area (Å²) in [5.41, 5.74) is -2.40. The van der Waals surface area contributed by atoms with Gasteiger partial charge in [0, 0.05) is 28.2 Å². The Morgan fingerprint density at radius 2 is 1.48 bits per heavy atom. The summed E-state index contributed by atoms with van der Waals surface area (Å²) in [6, 6.07) is -2.46. The molecule has 0 rings (SSSR count). The van der Waals surface area contributed by atoms with E-state index in [1.807, 2.05) is 13.8 Å². The topological polar surface area (TPSA) is 107 Å². The van der Waals surface area contributed by atoms with Crippen LogP contribution in [0.1, 0.15) is 27.7 Å². The first-order chi connectivity index (χ1) is 11.2. The Labute approximate surface area is 148 Å². The third kappa shape index (κ3) is 5.70. The van der Waals surface area contributed by atoms with Gasteiger partial charge in [0.1, 0.15) is 0 Å². The van der Waals surface area contributed by atoms with Crippen LogP contribution in [0, 0.1) is 5.92 Å². The van der Waals surface area contributed by atoms with E-state index in [0.29, 0.717) is 0 Å². The molecule has 9 nitrogen and oxygen atoms in total. The van der Waals surface area contributed by atoms with Crippen LogP contribution in [0.2, 0.25) is 0 Å². The number of ketones is 1.